The molecule has 0 aromatic rings. The fraction of sp³-hybridized carbons (Fsp3) is 0.981. The zero-order valence-electron chi connectivity index (χ0n) is 39.7. The van der Waals surface area contributed by atoms with Gasteiger partial charge in [0, 0.05) is 6.42 Å². The van der Waals surface area contributed by atoms with Crippen molar-refractivity contribution in [3.63, 3.8) is 0 Å². The first-order valence-corrected chi connectivity index (χ1v) is 26.8. The van der Waals surface area contributed by atoms with Crippen LogP contribution in [-0.4, -0.2) is 46.1 Å². The van der Waals surface area contributed by atoms with Crippen molar-refractivity contribution in [1.82, 2.24) is 5.32 Å². The molecular weight excluding hydrogens is 715 g/mol. The van der Waals surface area contributed by atoms with Crippen LogP contribution in [0.3, 0.4) is 0 Å². The van der Waals surface area contributed by atoms with Gasteiger partial charge in [-0.15, -0.1) is 0 Å². The van der Waals surface area contributed by atoms with E-state index in [-0.39, 0.29) is 12.5 Å². The summed E-state index contributed by atoms with van der Waals surface area (Å²) in [6.45, 7) is 4.17. The Labute approximate surface area is 364 Å². The van der Waals surface area contributed by atoms with Gasteiger partial charge in [0.2, 0.25) is 5.91 Å². The second-order valence-corrected chi connectivity index (χ2v) is 18.8. The highest BCUT2D eigenvalue weighted by molar-refractivity contribution is 5.76. The molecule has 0 spiro atoms. The summed E-state index contributed by atoms with van der Waals surface area (Å²) in [7, 11) is 0. The lowest BCUT2D eigenvalue weighted by atomic mass is 9.99. The highest BCUT2D eigenvalue weighted by atomic mass is 16.3. The third kappa shape index (κ3) is 43.4. The maximum absolute atomic E-state index is 12.4. The Morgan fingerprint density at radius 2 is 0.586 bits per heavy atom. The van der Waals surface area contributed by atoms with E-state index in [2.05, 4.69) is 19.2 Å². The summed E-state index contributed by atoms with van der Waals surface area (Å²) >= 11 is 0. The van der Waals surface area contributed by atoms with Crippen LogP contribution in [-0.2, 0) is 4.79 Å². The van der Waals surface area contributed by atoms with Gasteiger partial charge in [0.05, 0.1) is 18.8 Å². The minimum absolute atomic E-state index is 0.140. The number of carbonyl (C=O) groups excluding carboxylic acids is 1. The number of aliphatic hydroxyl groups is 3. The number of aliphatic hydroxyl groups excluding tert-OH is 3. The van der Waals surface area contributed by atoms with E-state index in [1.165, 1.54) is 244 Å². The Bertz CT molecular complexity index is 777. The molecule has 0 aliphatic heterocycles. The molecule has 348 valence electrons. The number of hydrogen-bond donors (Lipinski definition) is 4. The molecule has 0 aromatic carbocycles. The van der Waals surface area contributed by atoms with Crippen LogP contribution in [0.15, 0.2) is 0 Å². The lowest BCUT2D eigenvalue weighted by molar-refractivity contribution is -0.124. The molecule has 0 heterocycles. The van der Waals surface area contributed by atoms with Gasteiger partial charge in [-0.25, -0.2) is 0 Å². The Balaban J connectivity index is 3.35. The normalized spacial score (nSPS) is 13.3. The summed E-state index contributed by atoms with van der Waals surface area (Å²) in [6, 6.07) is -0.801. The van der Waals surface area contributed by atoms with Gasteiger partial charge in [-0.05, 0) is 12.8 Å². The smallest absolute Gasteiger partial charge is 0.220 e. The first-order valence-electron chi connectivity index (χ1n) is 26.8. The molecule has 0 aliphatic carbocycles. The van der Waals surface area contributed by atoms with Gasteiger partial charge < -0.3 is 20.6 Å². The Morgan fingerprint density at radius 1 is 0.362 bits per heavy atom. The minimum Gasteiger partial charge on any atom is -0.394 e. The molecule has 0 radical (unpaired) electrons. The van der Waals surface area contributed by atoms with Crippen molar-refractivity contribution in [3.8, 4) is 0 Å². The van der Waals surface area contributed by atoms with E-state index < -0.39 is 18.2 Å². The standard InChI is InChI=1S/C53H107NO4/c1-3-5-7-9-11-13-14-15-16-17-18-19-20-21-22-23-24-25-26-27-28-29-30-31-32-33-34-35-36-37-38-39-40-42-44-46-48-52(57)54-50(49-55)53(58)51(56)47-45-43-41-12-10-8-6-4-2/h50-51,53,55-56,58H,3-49H2,1-2H3,(H,54,57)/t50-,51+,53-/m0/s1. The molecule has 4 N–H and O–H groups in total. The number of hydrogen-bond acceptors (Lipinski definition) is 4. The van der Waals surface area contributed by atoms with Gasteiger partial charge in [0.25, 0.3) is 0 Å². The van der Waals surface area contributed by atoms with E-state index in [0.717, 1.165) is 38.5 Å². The molecule has 0 saturated carbocycles. The molecule has 0 aromatic heterocycles. The second kappa shape index (κ2) is 49.0. The maximum atomic E-state index is 12.4. The highest BCUT2D eigenvalue weighted by Gasteiger charge is 2.26. The molecule has 0 unspecified atom stereocenters. The summed E-state index contributed by atoms with van der Waals surface area (Å²) < 4.78 is 0. The molecule has 0 aliphatic rings. The largest absolute Gasteiger partial charge is 0.394 e. The van der Waals surface area contributed by atoms with E-state index in [1.54, 1.807) is 0 Å². The van der Waals surface area contributed by atoms with E-state index >= 15 is 0 Å². The molecule has 5 heteroatoms. The van der Waals surface area contributed by atoms with E-state index in [0.29, 0.717) is 12.8 Å². The molecule has 5 nitrogen and oxygen atoms in total. The van der Waals surface area contributed by atoms with Gasteiger partial charge in [-0.1, -0.05) is 290 Å². The van der Waals surface area contributed by atoms with Gasteiger partial charge in [-0.3, -0.25) is 4.79 Å². The number of amides is 1. The lowest BCUT2D eigenvalue weighted by Gasteiger charge is -2.26. The minimum atomic E-state index is -1.13. The lowest BCUT2D eigenvalue weighted by Crippen LogP contribution is -2.50. The van der Waals surface area contributed by atoms with Crippen LogP contribution in [0.25, 0.3) is 0 Å². The van der Waals surface area contributed by atoms with E-state index in [1.807, 2.05) is 0 Å². The summed E-state index contributed by atoms with van der Waals surface area (Å²) in [5.74, 6) is -0.140. The molecule has 0 rings (SSSR count). The fourth-order valence-electron chi connectivity index (χ4n) is 8.81. The van der Waals surface area contributed by atoms with Crippen LogP contribution < -0.4 is 5.32 Å². The monoisotopic (exact) mass is 822 g/mol. The van der Waals surface area contributed by atoms with E-state index in [4.69, 9.17) is 0 Å². The third-order valence-corrected chi connectivity index (χ3v) is 13.0. The van der Waals surface area contributed by atoms with Crippen molar-refractivity contribution < 1.29 is 20.1 Å². The summed E-state index contributed by atoms with van der Waals surface area (Å²) in [5, 5.41) is 33.4. The van der Waals surface area contributed by atoms with Crippen molar-refractivity contribution in [3.05, 3.63) is 0 Å². The van der Waals surface area contributed by atoms with Crippen molar-refractivity contribution >= 4 is 5.91 Å². The molecule has 0 bridgehead atoms. The second-order valence-electron chi connectivity index (χ2n) is 18.8. The van der Waals surface area contributed by atoms with E-state index in [9.17, 15) is 20.1 Å². The van der Waals surface area contributed by atoms with Gasteiger partial charge in [0.1, 0.15) is 6.10 Å². The van der Waals surface area contributed by atoms with Gasteiger partial charge >= 0.3 is 0 Å². The van der Waals surface area contributed by atoms with Gasteiger partial charge in [0.15, 0.2) is 0 Å². The van der Waals surface area contributed by atoms with Crippen LogP contribution in [0, 0.1) is 0 Å². The Hall–Kier alpha value is -0.650. The number of nitrogens with one attached hydrogen (secondary N) is 1. The molecule has 3 atom stereocenters. The van der Waals surface area contributed by atoms with Crippen molar-refractivity contribution in [2.24, 2.45) is 0 Å². The summed E-state index contributed by atoms with van der Waals surface area (Å²) in [6.07, 6.45) is 58.6. The van der Waals surface area contributed by atoms with Crippen molar-refractivity contribution in [1.29, 1.82) is 0 Å². The van der Waals surface area contributed by atoms with Crippen LogP contribution in [0.5, 0.6) is 0 Å². The predicted molar refractivity (Wildman–Crippen MR) is 255 cm³/mol. The zero-order valence-corrected chi connectivity index (χ0v) is 39.7. The average Bonchev–Trinajstić information content (AvgIpc) is 3.23. The first-order chi connectivity index (χ1) is 28.6. The predicted octanol–water partition coefficient (Wildman–Crippen LogP) is 16.2. The molecule has 1 amide bonds. The molecular formula is C53H107NO4. The Morgan fingerprint density at radius 3 is 0.828 bits per heavy atom. The third-order valence-electron chi connectivity index (χ3n) is 13.0. The molecule has 58 heavy (non-hydrogen) atoms. The SMILES string of the molecule is CCCCCCCCCCCCCCCCCCCCCCCCCCCCCCCCCCCCCCC(=O)N[C@@H](CO)[C@H](O)[C@H](O)CCCCCCCCCC. The van der Waals surface area contributed by atoms with Gasteiger partial charge in [-0.2, -0.15) is 0 Å². The highest BCUT2D eigenvalue weighted by Crippen LogP contribution is 2.18. The Kier molecular flexibility index (Phi) is 48.5. The summed E-state index contributed by atoms with van der Waals surface area (Å²) in [4.78, 5) is 12.4. The van der Waals surface area contributed by atoms with Crippen molar-refractivity contribution in [2.75, 3.05) is 6.61 Å². The van der Waals surface area contributed by atoms with Crippen LogP contribution in [0.1, 0.15) is 309 Å². The average molecular weight is 822 g/mol. The topological polar surface area (TPSA) is 89.8 Å². The molecule has 0 saturated heterocycles. The molecule has 0 fully saturated rings. The maximum Gasteiger partial charge on any atom is 0.220 e. The zero-order chi connectivity index (χ0) is 42.3. The van der Waals surface area contributed by atoms with Crippen LogP contribution >= 0.6 is 0 Å². The fourth-order valence-corrected chi connectivity index (χ4v) is 8.81. The van der Waals surface area contributed by atoms with Crippen LogP contribution in [0.2, 0.25) is 0 Å². The number of unbranched alkanes of at least 4 members (excludes halogenated alkanes) is 42. The first kappa shape index (κ1) is 57.3. The summed E-state index contributed by atoms with van der Waals surface area (Å²) in [5.41, 5.74) is 0. The van der Waals surface area contributed by atoms with Crippen molar-refractivity contribution in [2.45, 2.75) is 327 Å². The van der Waals surface area contributed by atoms with Crippen LogP contribution in [0.4, 0.5) is 0 Å². The number of carbonyl (C=O) groups is 1. The quantitative estimate of drug-likeness (QED) is 0.0460. The number of rotatable bonds is 50.